The Morgan fingerprint density at radius 2 is 1.82 bits per heavy atom. The summed E-state index contributed by atoms with van der Waals surface area (Å²) in [6.45, 7) is 3.12. The van der Waals surface area contributed by atoms with Crippen molar-refractivity contribution in [1.29, 1.82) is 5.26 Å². The lowest BCUT2D eigenvalue weighted by Gasteiger charge is -2.28. The number of nitrogens with zero attached hydrogens (tertiary/aromatic N) is 5. The summed E-state index contributed by atoms with van der Waals surface area (Å²) >= 11 is 0. The van der Waals surface area contributed by atoms with Crippen molar-refractivity contribution in [2.24, 2.45) is 5.92 Å². The average Bonchev–Trinajstić information content (AvgIpc) is 3.46. The number of nitriles is 1. The van der Waals surface area contributed by atoms with Crippen molar-refractivity contribution in [3.63, 3.8) is 0 Å². The number of hydrogen-bond acceptors (Lipinski definition) is 4. The molecule has 6 nitrogen and oxygen atoms in total. The minimum absolute atomic E-state index is 0.556. The smallest absolute Gasteiger partial charge is 0.185 e. The molecule has 0 bridgehead atoms. The monoisotopic (exact) mass is 434 g/mol. The Bertz CT molecular complexity index is 1350. The lowest BCUT2D eigenvalue weighted by Crippen LogP contribution is -2.25. The van der Waals surface area contributed by atoms with Crippen molar-refractivity contribution in [2.45, 2.75) is 45.2 Å². The molecule has 33 heavy (non-hydrogen) atoms. The van der Waals surface area contributed by atoms with Gasteiger partial charge < -0.3 is 9.88 Å². The minimum Gasteiger partial charge on any atom is -0.382 e. The van der Waals surface area contributed by atoms with Crippen molar-refractivity contribution >= 4 is 5.69 Å². The van der Waals surface area contributed by atoms with E-state index in [1.54, 1.807) is 6.33 Å². The van der Waals surface area contributed by atoms with Crippen LogP contribution in [0.3, 0.4) is 0 Å². The van der Waals surface area contributed by atoms with E-state index in [4.69, 9.17) is 5.26 Å². The number of aromatic nitrogens is 4. The van der Waals surface area contributed by atoms with E-state index < -0.39 is 0 Å². The first-order chi connectivity index (χ1) is 16.2. The first-order valence-corrected chi connectivity index (χ1v) is 11.7. The van der Waals surface area contributed by atoms with Gasteiger partial charge in [-0.3, -0.25) is 4.57 Å². The van der Waals surface area contributed by atoms with Gasteiger partial charge in [0.15, 0.2) is 5.82 Å². The molecule has 2 aromatic carbocycles. The van der Waals surface area contributed by atoms with E-state index in [0.717, 1.165) is 40.8 Å². The summed E-state index contributed by atoms with van der Waals surface area (Å²) in [4.78, 5) is 0. The van der Waals surface area contributed by atoms with Crippen molar-refractivity contribution < 1.29 is 0 Å². The SMILES string of the molecule is CC1CCC(Nc2ccc3c(c2)Cn2cc(-c4ccc(C#N)cc4)cc2-c2nncn2-3)CC1. The largest absolute Gasteiger partial charge is 0.382 e. The summed E-state index contributed by atoms with van der Waals surface area (Å²) in [5.74, 6) is 1.69. The van der Waals surface area contributed by atoms with Crippen LogP contribution < -0.4 is 5.32 Å². The van der Waals surface area contributed by atoms with Gasteiger partial charge in [0, 0.05) is 30.0 Å². The van der Waals surface area contributed by atoms with Crippen molar-refractivity contribution in [3.8, 4) is 34.4 Å². The third-order valence-electron chi connectivity index (χ3n) is 7.09. The summed E-state index contributed by atoms with van der Waals surface area (Å²) in [6, 6.07) is 19.3. The normalized spacial score (nSPS) is 19.0. The molecule has 1 saturated carbocycles. The maximum absolute atomic E-state index is 9.10. The Balaban J connectivity index is 1.36. The highest BCUT2D eigenvalue weighted by Gasteiger charge is 2.23. The molecule has 1 aliphatic carbocycles. The van der Waals surface area contributed by atoms with Gasteiger partial charge >= 0.3 is 0 Å². The van der Waals surface area contributed by atoms with Crippen LogP contribution in [-0.4, -0.2) is 25.4 Å². The predicted octanol–water partition coefficient (Wildman–Crippen LogP) is 5.63. The summed E-state index contributed by atoms with van der Waals surface area (Å²) in [6.07, 6.45) is 9.06. The van der Waals surface area contributed by atoms with Crippen LogP contribution in [0.1, 0.15) is 43.7 Å². The highest BCUT2D eigenvalue weighted by Crippen LogP contribution is 2.35. The van der Waals surface area contributed by atoms with Crippen LogP contribution in [0.4, 0.5) is 5.69 Å². The van der Waals surface area contributed by atoms with Gasteiger partial charge in [0.25, 0.3) is 0 Å². The molecule has 6 rings (SSSR count). The van der Waals surface area contributed by atoms with Gasteiger partial charge in [-0.25, -0.2) is 0 Å². The number of nitrogens with one attached hydrogen (secondary N) is 1. The average molecular weight is 435 g/mol. The third kappa shape index (κ3) is 3.60. The van der Waals surface area contributed by atoms with Gasteiger partial charge in [0.2, 0.25) is 0 Å². The van der Waals surface area contributed by atoms with Gasteiger partial charge in [-0.15, -0.1) is 10.2 Å². The number of fused-ring (bicyclic) bond motifs is 5. The third-order valence-corrected chi connectivity index (χ3v) is 7.09. The highest BCUT2D eigenvalue weighted by atomic mass is 15.3. The van der Waals surface area contributed by atoms with Crippen LogP contribution in [0.5, 0.6) is 0 Å². The van der Waals surface area contributed by atoms with E-state index >= 15 is 0 Å². The minimum atomic E-state index is 0.556. The van der Waals surface area contributed by atoms with Crippen molar-refractivity contribution in [2.75, 3.05) is 5.32 Å². The second-order valence-corrected chi connectivity index (χ2v) is 9.40. The summed E-state index contributed by atoms with van der Waals surface area (Å²) < 4.78 is 4.34. The molecule has 0 amide bonds. The molecule has 3 heterocycles. The molecule has 0 unspecified atom stereocenters. The summed E-state index contributed by atoms with van der Waals surface area (Å²) in [7, 11) is 0. The second kappa shape index (κ2) is 7.93. The van der Waals surface area contributed by atoms with Gasteiger partial charge in [0.1, 0.15) is 6.33 Å². The Morgan fingerprint density at radius 3 is 2.61 bits per heavy atom. The number of anilines is 1. The van der Waals surface area contributed by atoms with Crippen LogP contribution in [0.25, 0.3) is 28.3 Å². The molecule has 2 aliphatic rings. The molecular formula is C27H26N6. The van der Waals surface area contributed by atoms with E-state index in [9.17, 15) is 0 Å². The molecule has 0 atom stereocenters. The molecule has 4 aromatic rings. The Morgan fingerprint density at radius 1 is 1.00 bits per heavy atom. The first-order valence-electron chi connectivity index (χ1n) is 11.7. The van der Waals surface area contributed by atoms with Crippen LogP contribution in [0.15, 0.2) is 61.1 Å². The number of benzene rings is 2. The molecule has 0 radical (unpaired) electrons. The topological polar surface area (TPSA) is 71.5 Å². The second-order valence-electron chi connectivity index (χ2n) is 9.40. The standard InChI is InChI=1S/C27H26N6/c1-18-2-8-23(9-3-18)30-24-10-11-25-22(12-24)16-32-15-21(20-6-4-19(14-28)5-7-20)13-26(32)27-31-29-17-33(25)27/h4-7,10-13,15,17-18,23,30H,2-3,8-9,16H2,1H3. The van der Waals surface area contributed by atoms with Crippen LogP contribution in [0, 0.1) is 17.2 Å². The molecule has 0 saturated heterocycles. The van der Waals surface area contributed by atoms with Gasteiger partial charge in [-0.05, 0) is 79.1 Å². The van der Waals surface area contributed by atoms with Crippen LogP contribution >= 0.6 is 0 Å². The van der Waals surface area contributed by atoms with E-state index in [2.05, 4.69) is 68.1 Å². The highest BCUT2D eigenvalue weighted by molar-refractivity contribution is 5.72. The van der Waals surface area contributed by atoms with Gasteiger partial charge in [-0.2, -0.15) is 5.26 Å². The Labute approximate surface area is 193 Å². The fourth-order valence-electron chi connectivity index (χ4n) is 5.17. The van der Waals surface area contributed by atoms with E-state index in [0.29, 0.717) is 11.6 Å². The van der Waals surface area contributed by atoms with Gasteiger partial charge in [-0.1, -0.05) is 19.1 Å². The zero-order valence-electron chi connectivity index (χ0n) is 18.7. The Hall–Kier alpha value is -3.85. The molecule has 1 fully saturated rings. The van der Waals surface area contributed by atoms with E-state index in [1.165, 1.54) is 36.9 Å². The van der Waals surface area contributed by atoms with Crippen molar-refractivity contribution in [1.82, 2.24) is 19.3 Å². The molecule has 1 aliphatic heterocycles. The van der Waals surface area contributed by atoms with Gasteiger partial charge in [0.05, 0.1) is 23.0 Å². The van der Waals surface area contributed by atoms with Crippen LogP contribution in [-0.2, 0) is 6.54 Å². The van der Waals surface area contributed by atoms with Crippen molar-refractivity contribution in [3.05, 3.63) is 72.2 Å². The molecule has 164 valence electrons. The summed E-state index contributed by atoms with van der Waals surface area (Å²) in [5, 5.41) is 21.5. The number of rotatable bonds is 3. The molecular weight excluding hydrogens is 408 g/mol. The van der Waals surface area contributed by atoms with E-state index in [-0.39, 0.29) is 0 Å². The first kappa shape index (κ1) is 19.8. The lowest BCUT2D eigenvalue weighted by molar-refractivity contribution is 0.361. The molecule has 2 aromatic heterocycles. The molecule has 6 heteroatoms. The zero-order chi connectivity index (χ0) is 22.4. The van der Waals surface area contributed by atoms with Crippen LogP contribution in [0.2, 0.25) is 0 Å². The Kier molecular flexibility index (Phi) is 4.76. The maximum atomic E-state index is 9.10. The predicted molar refractivity (Wildman–Crippen MR) is 129 cm³/mol. The fourth-order valence-corrected chi connectivity index (χ4v) is 5.17. The lowest BCUT2D eigenvalue weighted by atomic mass is 9.87. The summed E-state index contributed by atoms with van der Waals surface area (Å²) in [5.41, 5.74) is 7.46. The quantitative estimate of drug-likeness (QED) is 0.400. The molecule has 0 spiro atoms. The molecule has 1 N–H and O–H groups in total. The zero-order valence-corrected chi connectivity index (χ0v) is 18.7. The number of hydrogen-bond donors (Lipinski definition) is 1. The van der Waals surface area contributed by atoms with E-state index in [1.807, 2.05) is 24.3 Å². The fraction of sp³-hybridized carbons (Fsp3) is 0.296. The maximum Gasteiger partial charge on any atom is 0.185 e.